The summed E-state index contributed by atoms with van der Waals surface area (Å²) < 4.78 is 0. The highest BCUT2D eigenvalue weighted by molar-refractivity contribution is 4.87. The second kappa shape index (κ2) is 7.08. The Hall–Kier alpha value is -0.0800. The Kier molecular flexibility index (Phi) is 5.70. The molecule has 2 rings (SSSR count). The van der Waals surface area contributed by atoms with Crippen LogP contribution in [-0.4, -0.2) is 37.1 Å². The lowest BCUT2D eigenvalue weighted by Gasteiger charge is -2.40. The monoisotopic (exact) mass is 266 g/mol. The van der Waals surface area contributed by atoms with Gasteiger partial charge in [0.15, 0.2) is 0 Å². The van der Waals surface area contributed by atoms with Crippen molar-refractivity contribution in [2.75, 3.05) is 20.1 Å². The Morgan fingerprint density at radius 1 is 1.21 bits per heavy atom. The second-order valence-corrected chi connectivity index (χ2v) is 7.66. The number of rotatable bonds is 4. The van der Waals surface area contributed by atoms with Crippen molar-refractivity contribution in [2.24, 2.45) is 17.8 Å². The summed E-state index contributed by atoms with van der Waals surface area (Å²) in [6, 6.07) is 1.56. The van der Waals surface area contributed by atoms with Gasteiger partial charge in [-0.1, -0.05) is 33.6 Å². The number of likely N-dealkylation sites (tertiary alicyclic amines) is 1. The van der Waals surface area contributed by atoms with E-state index in [0.29, 0.717) is 0 Å². The summed E-state index contributed by atoms with van der Waals surface area (Å²) in [6.07, 6.45) is 8.52. The average Bonchev–Trinajstić information content (AvgIpc) is 2.32. The van der Waals surface area contributed by atoms with Crippen LogP contribution < -0.4 is 5.32 Å². The number of hydrogen-bond donors (Lipinski definition) is 1. The van der Waals surface area contributed by atoms with Crippen LogP contribution in [-0.2, 0) is 0 Å². The van der Waals surface area contributed by atoms with E-state index in [1.54, 1.807) is 0 Å². The highest BCUT2D eigenvalue weighted by Gasteiger charge is 2.29. The summed E-state index contributed by atoms with van der Waals surface area (Å²) in [7, 11) is 2.26. The van der Waals surface area contributed by atoms with Crippen molar-refractivity contribution < 1.29 is 0 Å². The first-order chi connectivity index (χ1) is 9.04. The number of nitrogens with zero attached hydrogens (tertiary/aromatic N) is 1. The summed E-state index contributed by atoms with van der Waals surface area (Å²) in [5.41, 5.74) is 0. The van der Waals surface area contributed by atoms with Crippen LogP contribution in [0, 0.1) is 17.8 Å². The Morgan fingerprint density at radius 3 is 2.68 bits per heavy atom. The van der Waals surface area contributed by atoms with Gasteiger partial charge in [0.25, 0.3) is 0 Å². The van der Waals surface area contributed by atoms with Crippen molar-refractivity contribution in [3.05, 3.63) is 0 Å². The fourth-order valence-electron chi connectivity index (χ4n) is 4.23. The summed E-state index contributed by atoms with van der Waals surface area (Å²) in [5.74, 6) is 2.66. The minimum atomic E-state index is 0.763. The van der Waals surface area contributed by atoms with Gasteiger partial charge in [-0.05, 0) is 57.0 Å². The van der Waals surface area contributed by atoms with Gasteiger partial charge in [0.2, 0.25) is 0 Å². The van der Waals surface area contributed by atoms with E-state index in [-0.39, 0.29) is 0 Å². The first kappa shape index (κ1) is 15.3. The van der Waals surface area contributed by atoms with Crippen LogP contribution in [0.25, 0.3) is 0 Å². The van der Waals surface area contributed by atoms with Crippen molar-refractivity contribution in [1.82, 2.24) is 10.2 Å². The highest BCUT2D eigenvalue weighted by atomic mass is 15.1. The van der Waals surface area contributed by atoms with E-state index in [2.05, 4.69) is 38.0 Å². The van der Waals surface area contributed by atoms with Crippen LogP contribution in [0.4, 0.5) is 0 Å². The maximum Gasteiger partial charge on any atom is 0.0120 e. The molecule has 0 spiro atoms. The quantitative estimate of drug-likeness (QED) is 0.837. The first-order valence-electron chi connectivity index (χ1n) is 8.49. The van der Waals surface area contributed by atoms with Gasteiger partial charge in [0.05, 0.1) is 0 Å². The van der Waals surface area contributed by atoms with E-state index in [9.17, 15) is 0 Å². The zero-order valence-electron chi connectivity index (χ0n) is 13.5. The number of nitrogens with one attached hydrogen (secondary N) is 1. The van der Waals surface area contributed by atoms with Crippen molar-refractivity contribution in [3.63, 3.8) is 0 Å². The largest absolute Gasteiger partial charge is 0.311 e. The molecule has 2 fully saturated rings. The molecule has 0 aromatic carbocycles. The minimum absolute atomic E-state index is 0.763. The molecule has 112 valence electrons. The van der Waals surface area contributed by atoms with Gasteiger partial charge < -0.3 is 10.2 Å². The molecule has 2 heteroatoms. The minimum Gasteiger partial charge on any atom is -0.311 e. The lowest BCUT2D eigenvalue weighted by molar-refractivity contribution is 0.148. The Morgan fingerprint density at radius 2 is 2.00 bits per heavy atom. The normalized spacial score (nSPS) is 37.7. The smallest absolute Gasteiger partial charge is 0.0120 e. The molecule has 0 bridgehead atoms. The first-order valence-corrected chi connectivity index (χ1v) is 8.49. The fraction of sp³-hybridized carbons (Fsp3) is 1.00. The van der Waals surface area contributed by atoms with Gasteiger partial charge >= 0.3 is 0 Å². The Bertz CT molecular complexity index is 264. The van der Waals surface area contributed by atoms with E-state index in [0.717, 1.165) is 29.8 Å². The van der Waals surface area contributed by atoms with Gasteiger partial charge in [0, 0.05) is 18.6 Å². The predicted molar refractivity (Wildman–Crippen MR) is 83.4 cm³/mol. The van der Waals surface area contributed by atoms with Crippen molar-refractivity contribution >= 4 is 0 Å². The van der Waals surface area contributed by atoms with Crippen LogP contribution >= 0.6 is 0 Å². The molecule has 1 saturated heterocycles. The molecule has 0 amide bonds. The molecule has 0 aromatic heterocycles. The fourth-order valence-corrected chi connectivity index (χ4v) is 4.23. The second-order valence-electron chi connectivity index (χ2n) is 7.66. The molecule has 1 aliphatic heterocycles. The van der Waals surface area contributed by atoms with Gasteiger partial charge in [-0.2, -0.15) is 0 Å². The Balaban J connectivity index is 1.78. The van der Waals surface area contributed by atoms with Gasteiger partial charge in [-0.3, -0.25) is 0 Å². The SMILES string of the molecule is CC(C)CC1CCCC(NC2CCN(C)CC2C)C1. The predicted octanol–water partition coefficient (Wildman–Crippen LogP) is 3.52. The van der Waals surface area contributed by atoms with Crippen LogP contribution in [0.15, 0.2) is 0 Å². The van der Waals surface area contributed by atoms with Crippen molar-refractivity contribution in [1.29, 1.82) is 0 Å². The average molecular weight is 266 g/mol. The molecule has 0 radical (unpaired) electrons. The van der Waals surface area contributed by atoms with Crippen LogP contribution in [0.5, 0.6) is 0 Å². The summed E-state index contributed by atoms with van der Waals surface area (Å²) in [6.45, 7) is 9.69. The maximum atomic E-state index is 4.00. The zero-order chi connectivity index (χ0) is 13.8. The molecular formula is C17H34N2. The summed E-state index contributed by atoms with van der Waals surface area (Å²) in [5, 5.41) is 4.00. The maximum absolute atomic E-state index is 4.00. The third kappa shape index (κ3) is 4.75. The molecule has 1 saturated carbocycles. The molecule has 2 nitrogen and oxygen atoms in total. The highest BCUT2D eigenvalue weighted by Crippen LogP contribution is 2.30. The molecule has 2 aliphatic rings. The van der Waals surface area contributed by atoms with Gasteiger partial charge in [-0.25, -0.2) is 0 Å². The molecule has 0 aromatic rings. The lowest BCUT2D eigenvalue weighted by Crippen LogP contribution is -2.51. The molecule has 1 N–H and O–H groups in total. The topological polar surface area (TPSA) is 15.3 Å². The van der Waals surface area contributed by atoms with Crippen LogP contribution in [0.2, 0.25) is 0 Å². The van der Waals surface area contributed by atoms with Crippen LogP contribution in [0.1, 0.15) is 59.3 Å². The standard InChI is InChI=1S/C17H34N2/c1-13(2)10-15-6-5-7-16(11-15)18-17-8-9-19(4)12-14(17)3/h13-18H,5-12H2,1-4H3. The van der Waals surface area contributed by atoms with Gasteiger partial charge in [-0.15, -0.1) is 0 Å². The van der Waals surface area contributed by atoms with E-state index in [1.165, 1.54) is 51.6 Å². The zero-order valence-corrected chi connectivity index (χ0v) is 13.5. The van der Waals surface area contributed by atoms with Crippen LogP contribution in [0.3, 0.4) is 0 Å². The van der Waals surface area contributed by atoms with Gasteiger partial charge in [0.1, 0.15) is 0 Å². The lowest BCUT2D eigenvalue weighted by atomic mass is 9.80. The number of piperidine rings is 1. The van der Waals surface area contributed by atoms with E-state index in [1.807, 2.05) is 0 Å². The molecule has 1 aliphatic carbocycles. The third-order valence-electron chi connectivity index (χ3n) is 5.15. The molecular weight excluding hydrogens is 232 g/mol. The van der Waals surface area contributed by atoms with Crippen molar-refractivity contribution in [2.45, 2.75) is 71.4 Å². The van der Waals surface area contributed by atoms with Crippen molar-refractivity contribution in [3.8, 4) is 0 Å². The third-order valence-corrected chi connectivity index (χ3v) is 5.15. The molecule has 19 heavy (non-hydrogen) atoms. The Labute approximate surface area is 120 Å². The van der Waals surface area contributed by atoms with E-state index < -0.39 is 0 Å². The number of hydrogen-bond acceptors (Lipinski definition) is 2. The van der Waals surface area contributed by atoms with E-state index >= 15 is 0 Å². The summed E-state index contributed by atoms with van der Waals surface area (Å²) >= 11 is 0. The molecule has 1 heterocycles. The summed E-state index contributed by atoms with van der Waals surface area (Å²) in [4.78, 5) is 2.48. The van der Waals surface area contributed by atoms with E-state index in [4.69, 9.17) is 0 Å². The molecule has 4 atom stereocenters. The molecule has 4 unspecified atom stereocenters.